The quantitative estimate of drug-likeness (QED) is 0.708. The van der Waals surface area contributed by atoms with Crippen LogP contribution in [0.4, 0.5) is 0 Å². The number of benzene rings is 1. The van der Waals surface area contributed by atoms with Crippen molar-refractivity contribution in [2.24, 2.45) is 5.92 Å². The van der Waals surface area contributed by atoms with Gasteiger partial charge >= 0.3 is 0 Å². The Hall–Kier alpha value is -1.20. The molecule has 0 saturated carbocycles. The number of sulfone groups is 1. The molecule has 2 aliphatic heterocycles. The summed E-state index contributed by atoms with van der Waals surface area (Å²) in [5, 5.41) is -0.540. The Morgan fingerprint density at radius 3 is 2.42 bits per heavy atom. The fraction of sp³-hybridized carbons (Fsp3) is 0.632. The van der Waals surface area contributed by atoms with Gasteiger partial charge in [-0.1, -0.05) is 36.8 Å². The maximum atomic E-state index is 12.4. The van der Waals surface area contributed by atoms with Gasteiger partial charge in [-0.3, -0.25) is 4.79 Å². The van der Waals surface area contributed by atoms with Crippen molar-refractivity contribution < 1.29 is 17.9 Å². The number of carbonyl (C=O) groups is 1. The number of fused-ring (bicyclic) bond motifs is 2. The summed E-state index contributed by atoms with van der Waals surface area (Å²) in [7, 11) is -2.97. The summed E-state index contributed by atoms with van der Waals surface area (Å²) < 4.78 is 30.1. The van der Waals surface area contributed by atoms with Crippen LogP contribution < -0.4 is 0 Å². The maximum absolute atomic E-state index is 12.4. The lowest BCUT2D eigenvalue weighted by atomic mass is 9.85. The fourth-order valence-electron chi connectivity index (χ4n) is 3.99. The van der Waals surface area contributed by atoms with Crippen molar-refractivity contribution in [3.8, 4) is 0 Å². The fourth-order valence-corrected chi connectivity index (χ4v) is 6.52. The Morgan fingerprint density at radius 2 is 1.75 bits per heavy atom. The minimum Gasteiger partial charge on any atom is -0.377 e. The number of rotatable bonds is 7. The van der Waals surface area contributed by atoms with E-state index in [1.165, 1.54) is 0 Å². The van der Waals surface area contributed by atoms with Crippen LogP contribution in [-0.2, 0) is 26.0 Å². The summed E-state index contributed by atoms with van der Waals surface area (Å²) in [5.74, 6) is 0.169. The summed E-state index contributed by atoms with van der Waals surface area (Å²) >= 11 is 0. The molecule has 2 saturated heterocycles. The third-order valence-corrected chi connectivity index (χ3v) is 8.07. The van der Waals surface area contributed by atoms with Crippen LogP contribution in [0.1, 0.15) is 50.5 Å². The van der Waals surface area contributed by atoms with Crippen LogP contribution in [0.2, 0.25) is 0 Å². The Kier molecular flexibility index (Phi) is 5.72. The molecule has 2 heterocycles. The largest absolute Gasteiger partial charge is 0.377 e. The molecule has 0 aliphatic carbocycles. The van der Waals surface area contributed by atoms with E-state index in [4.69, 9.17) is 4.74 Å². The summed E-state index contributed by atoms with van der Waals surface area (Å²) in [6, 6.07) is 9.98. The molecule has 5 heteroatoms. The minimum atomic E-state index is -2.97. The van der Waals surface area contributed by atoms with E-state index in [-0.39, 0.29) is 22.2 Å². The smallest absolute Gasteiger partial charge is 0.156 e. The molecular formula is C19H26O4S. The summed E-state index contributed by atoms with van der Waals surface area (Å²) in [4.78, 5) is 12.4. The van der Waals surface area contributed by atoms with Crippen LogP contribution in [0.3, 0.4) is 0 Å². The maximum Gasteiger partial charge on any atom is 0.156 e. The molecule has 4 nitrogen and oxygen atoms in total. The summed E-state index contributed by atoms with van der Waals surface area (Å²) in [5.41, 5.74) is 1.13. The van der Waals surface area contributed by atoms with Gasteiger partial charge in [-0.25, -0.2) is 8.42 Å². The van der Waals surface area contributed by atoms with Gasteiger partial charge in [-0.05, 0) is 37.7 Å². The topological polar surface area (TPSA) is 60.4 Å². The zero-order valence-corrected chi connectivity index (χ0v) is 14.8. The van der Waals surface area contributed by atoms with Gasteiger partial charge in [0.1, 0.15) is 5.78 Å². The minimum absolute atomic E-state index is 0.0575. The van der Waals surface area contributed by atoms with Crippen LogP contribution in [-0.4, -0.2) is 31.3 Å². The van der Waals surface area contributed by atoms with E-state index in [2.05, 4.69) is 0 Å². The highest BCUT2D eigenvalue weighted by atomic mass is 32.2. The van der Waals surface area contributed by atoms with Crippen molar-refractivity contribution in [2.45, 2.75) is 62.1 Å². The van der Waals surface area contributed by atoms with E-state index in [1.54, 1.807) is 0 Å². The molecule has 1 aromatic carbocycles. The second-order valence-corrected chi connectivity index (χ2v) is 9.55. The van der Waals surface area contributed by atoms with Gasteiger partial charge in [-0.2, -0.15) is 0 Å². The molecule has 24 heavy (non-hydrogen) atoms. The molecule has 2 bridgehead atoms. The standard InChI is InChI=1S/C19H26O4S/c20-19(10-5-11-23-14-15-6-2-1-3-7-15)16-12-17-8-4-9-18(13-16)24(17,21)22/h1-3,6-7,16-18H,4-5,8-14H2. The van der Waals surface area contributed by atoms with Crippen LogP contribution >= 0.6 is 0 Å². The number of ether oxygens (including phenoxy) is 1. The highest BCUT2D eigenvalue weighted by molar-refractivity contribution is 7.92. The molecule has 2 fully saturated rings. The second-order valence-electron chi connectivity index (χ2n) is 7.04. The highest BCUT2D eigenvalue weighted by Crippen LogP contribution is 2.40. The van der Waals surface area contributed by atoms with Gasteiger partial charge in [0.2, 0.25) is 0 Å². The summed E-state index contributed by atoms with van der Waals surface area (Å²) in [6.07, 6.45) is 4.77. The lowest BCUT2D eigenvalue weighted by Crippen LogP contribution is -2.45. The number of Topliss-reactive ketones (excluding diaryl/α,β-unsaturated/α-hetero) is 1. The lowest BCUT2D eigenvalue weighted by molar-refractivity contribution is -0.123. The van der Waals surface area contributed by atoms with Crippen molar-refractivity contribution in [3.63, 3.8) is 0 Å². The van der Waals surface area contributed by atoms with Gasteiger partial charge in [0.25, 0.3) is 0 Å². The molecule has 0 N–H and O–H groups in total. The first-order valence-electron chi connectivity index (χ1n) is 8.94. The molecule has 0 aromatic heterocycles. The van der Waals surface area contributed by atoms with Crippen LogP contribution in [0.15, 0.2) is 30.3 Å². The number of hydrogen-bond donors (Lipinski definition) is 0. The molecule has 2 aliphatic rings. The molecule has 2 atom stereocenters. The van der Waals surface area contributed by atoms with Crippen molar-refractivity contribution >= 4 is 15.6 Å². The molecule has 2 unspecified atom stereocenters. The first kappa shape index (κ1) is 17.6. The SMILES string of the molecule is O=C(CCCOCc1ccccc1)C1CC2CCCC(C1)S2(=O)=O. The van der Waals surface area contributed by atoms with E-state index >= 15 is 0 Å². The van der Waals surface area contributed by atoms with E-state index in [0.717, 1.165) is 24.8 Å². The third-order valence-electron chi connectivity index (χ3n) is 5.35. The predicted molar refractivity (Wildman–Crippen MR) is 93.4 cm³/mol. The van der Waals surface area contributed by atoms with E-state index in [9.17, 15) is 13.2 Å². The average molecular weight is 350 g/mol. The number of ketones is 1. The van der Waals surface area contributed by atoms with Gasteiger partial charge in [0.05, 0.1) is 17.1 Å². The van der Waals surface area contributed by atoms with Crippen molar-refractivity contribution in [3.05, 3.63) is 35.9 Å². The van der Waals surface area contributed by atoms with Crippen molar-refractivity contribution in [2.75, 3.05) is 6.61 Å². The number of hydrogen-bond acceptors (Lipinski definition) is 4. The molecule has 0 radical (unpaired) electrons. The third kappa shape index (κ3) is 4.06. The van der Waals surface area contributed by atoms with E-state index in [1.807, 2.05) is 30.3 Å². The summed E-state index contributed by atoms with van der Waals surface area (Å²) in [6.45, 7) is 1.14. The molecule has 0 spiro atoms. The Morgan fingerprint density at radius 1 is 1.08 bits per heavy atom. The second kappa shape index (κ2) is 7.79. The zero-order valence-electron chi connectivity index (χ0n) is 14.0. The van der Waals surface area contributed by atoms with Gasteiger partial charge in [-0.15, -0.1) is 0 Å². The van der Waals surface area contributed by atoms with E-state index < -0.39 is 9.84 Å². The van der Waals surface area contributed by atoms with E-state index in [0.29, 0.717) is 38.9 Å². The molecule has 132 valence electrons. The van der Waals surface area contributed by atoms with Crippen LogP contribution in [0, 0.1) is 5.92 Å². The molecule has 3 rings (SSSR count). The molecular weight excluding hydrogens is 324 g/mol. The van der Waals surface area contributed by atoms with Crippen molar-refractivity contribution in [1.82, 2.24) is 0 Å². The first-order chi connectivity index (χ1) is 11.6. The van der Waals surface area contributed by atoms with Gasteiger partial charge < -0.3 is 4.74 Å². The highest BCUT2D eigenvalue weighted by Gasteiger charge is 2.45. The van der Waals surface area contributed by atoms with Crippen molar-refractivity contribution in [1.29, 1.82) is 0 Å². The molecule has 0 amide bonds. The zero-order chi connectivity index (χ0) is 17.0. The Labute approximate surface area is 144 Å². The monoisotopic (exact) mass is 350 g/mol. The first-order valence-corrected chi connectivity index (χ1v) is 10.6. The van der Waals surface area contributed by atoms with Gasteiger partial charge in [0.15, 0.2) is 9.84 Å². The van der Waals surface area contributed by atoms with Crippen LogP contribution in [0.25, 0.3) is 0 Å². The predicted octanol–water partition coefficient (Wildman–Crippen LogP) is 3.30. The lowest BCUT2D eigenvalue weighted by Gasteiger charge is -2.38. The number of carbonyl (C=O) groups excluding carboxylic acids is 1. The van der Waals surface area contributed by atoms with Crippen LogP contribution in [0.5, 0.6) is 0 Å². The average Bonchev–Trinajstić information content (AvgIpc) is 2.54. The normalized spacial score (nSPS) is 28.4. The Balaban J connectivity index is 1.40. The van der Waals surface area contributed by atoms with Gasteiger partial charge in [0, 0.05) is 18.9 Å². The molecule has 1 aromatic rings. The Bertz CT molecular complexity index is 633.